The molecule has 2 rings (SSSR count). The Balaban J connectivity index is 1.98. The Labute approximate surface area is 116 Å². The van der Waals surface area contributed by atoms with Crippen LogP contribution in [0.5, 0.6) is 5.75 Å². The summed E-state index contributed by atoms with van der Waals surface area (Å²) in [7, 11) is 0. The highest BCUT2D eigenvalue weighted by Gasteiger charge is 2.29. The van der Waals surface area contributed by atoms with Gasteiger partial charge in [0.2, 0.25) is 5.91 Å². The minimum atomic E-state index is -0.499. The van der Waals surface area contributed by atoms with E-state index in [4.69, 9.17) is 4.74 Å². The number of hydrogen-bond acceptors (Lipinski definition) is 4. The number of rotatable bonds is 4. The van der Waals surface area contributed by atoms with Crippen LogP contribution in [0, 0.1) is 0 Å². The van der Waals surface area contributed by atoms with E-state index in [1.807, 2.05) is 0 Å². The summed E-state index contributed by atoms with van der Waals surface area (Å²) < 4.78 is 5.37. The molecule has 106 valence electrons. The average Bonchev–Trinajstić information content (AvgIpc) is 2.48. The van der Waals surface area contributed by atoms with Gasteiger partial charge in [-0.1, -0.05) is 12.1 Å². The van der Waals surface area contributed by atoms with Crippen LogP contribution in [0.3, 0.4) is 0 Å². The lowest BCUT2D eigenvalue weighted by Crippen LogP contribution is -2.56. The standard InChI is InChI=1S/C14H16N2O4/c1-10-14(19)15-6-7-16(10)13(18)9-20-12-5-3-2-4-11(12)8-17/h2-5,8,10H,6-7,9H2,1H3,(H,15,19). The molecule has 1 aliphatic heterocycles. The van der Waals surface area contributed by atoms with Crippen LogP contribution in [-0.4, -0.2) is 48.7 Å². The third kappa shape index (κ3) is 2.96. The second-order valence-corrected chi connectivity index (χ2v) is 4.50. The van der Waals surface area contributed by atoms with Crippen molar-refractivity contribution in [3.05, 3.63) is 29.8 Å². The van der Waals surface area contributed by atoms with Crippen LogP contribution in [-0.2, 0) is 9.59 Å². The molecule has 1 aliphatic rings. The maximum Gasteiger partial charge on any atom is 0.261 e. The van der Waals surface area contributed by atoms with Crippen LogP contribution in [0.25, 0.3) is 0 Å². The Morgan fingerprint density at radius 1 is 1.50 bits per heavy atom. The molecule has 20 heavy (non-hydrogen) atoms. The summed E-state index contributed by atoms with van der Waals surface area (Å²) in [5, 5.41) is 2.69. The van der Waals surface area contributed by atoms with Crippen LogP contribution in [0.1, 0.15) is 17.3 Å². The number of nitrogens with zero attached hydrogens (tertiary/aromatic N) is 1. The summed E-state index contributed by atoms with van der Waals surface area (Å²) >= 11 is 0. The summed E-state index contributed by atoms with van der Waals surface area (Å²) in [5.74, 6) is -0.0732. The zero-order chi connectivity index (χ0) is 14.5. The van der Waals surface area contributed by atoms with E-state index in [1.54, 1.807) is 31.2 Å². The van der Waals surface area contributed by atoms with Gasteiger partial charge in [0, 0.05) is 13.1 Å². The fourth-order valence-electron chi connectivity index (χ4n) is 2.05. The highest BCUT2D eigenvalue weighted by atomic mass is 16.5. The third-order valence-electron chi connectivity index (χ3n) is 3.22. The molecule has 1 aromatic rings. The number of piperazine rings is 1. The SMILES string of the molecule is CC1C(=O)NCCN1C(=O)COc1ccccc1C=O. The summed E-state index contributed by atoms with van der Waals surface area (Å²) in [6.07, 6.45) is 0.677. The van der Waals surface area contributed by atoms with Crippen molar-refractivity contribution in [2.45, 2.75) is 13.0 Å². The van der Waals surface area contributed by atoms with Gasteiger partial charge < -0.3 is 15.0 Å². The average molecular weight is 276 g/mol. The maximum atomic E-state index is 12.1. The number of hydrogen-bond donors (Lipinski definition) is 1. The molecule has 2 amide bonds. The number of nitrogens with one attached hydrogen (secondary N) is 1. The molecule has 1 fully saturated rings. The Hall–Kier alpha value is -2.37. The Bertz CT molecular complexity index is 530. The lowest BCUT2D eigenvalue weighted by molar-refractivity contribution is -0.143. The monoisotopic (exact) mass is 276 g/mol. The molecule has 1 atom stereocenters. The molecule has 0 radical (unpaired) electrons. The van der Waals surface area contributed by atoms with Crippen LogP contribution in [0.2, 0.25) is 0 Å². The molecule has 1 aromatic carbocycles. The highest BCUT2D eigenvalue weighted by Crippen LogP contribution is 2.16. The van der Waals surface area contributed by atoms with Crippen LogP contribution in [0.15, 0.2) is 24.3 Å². The first-order valence-corrected chi connectivity index (χ1v) is 6.37. The number of aldehydes is 1. The zero-order valence-corrected chi connectivity index (χ0v) is 11.2. The number of carbonyl (C=O) groups excluding carboxylic acids is 3. The van der Waals surface area contributed by atoms with Gasteiger partial charge in [-0.3, -0.25) is 14.4 Å². The number of amides is 2. The Morgan fingerprint density at radius 3 is 3.00 bits per heavy atom. The molecule has 1 heterocycles. The lowest BCUT2D eigenvalue weighted by atomic mass is 10.2. The van der Waals surface area contributed by atoms with Gasteiger partial charge in [-0.2, -0.15) is 0 Å². The Kier molecular flexibility index (Phi) is 4.34. The second-order valence-electron chi connectivity index (χ2n) is 4.50. The number of carbonyl (C=O) groups is 3. The van der Waals surface area contributed by atoms with Crippen molar-refractivity contribution >= 4 is 18.1 Å². The normalized spacial score (nSPS) is 18.4. The topological polar surface area (TPSA) is 75.7 Å². The Morgan fingerprint density at radius 2 is 2.25 bits per heavy atom. The van der Waals surface area contributed by atoms with E-state index >= 15 is 0 Å². The largest absolute Gasteiger partial charge is 0.483 e. The quantitative estimate of drug-likeness (QED) is 0.798. The van der Waals surface area contributed by atoms with Crippen molar-refractivity contribution in [1.29, 1.82) is 0 Å². The van der Waals surface area contributed by atoms with Crippen molar-refractivity contribution < 1.29 is 19.1 Å². The summed E-state index contributed by atoms with van der Waals surface area (Å²) in [4.78, 5) is 35.9. The first-order valence-electron chi connectivity index (χ1n) is 6.37. The van der Waals surface area contributed by atoms with Crippen LogP contribution >= 0.6 is 0 Å². The number of ether oxygens (including phenoxy) is 1. The predicted octanol–water partition coefficient (Wildman–Crippen LogP) is 0.225. The van der Waals surface area contributed by atoms with Gasteiger partial charge in [-0.25, -0.2) is 0 Å². The van der Waals surface area contributed by atoms with E-state index in [2.05, 4.69) is 5.32 Å². The molecule has 6 heteroatoms. The molecular weight excluding hydrogens is 260 g/mol. The third-order valence-corrected chi connectivity index (χ3v) is 3.22. The number of benzene rings is 1. The molecule has 1 saturated heterocycles. The van der Waals surface area contributed by atoms with E-state index in [9.17, 15) is 14.4 Å². The summed E-state index contributed by atoms with van der Waals surface area (Å²) in [6.45, 7) is 2.39. The molecule has 6 nitrogen and oxygen atoms in total. The maximum absolute atomic E-state index is 12.1. The fourth-order valence-corrected chi connectivity index (χ4v) is 2.05. The molecule has 0 spiro atoms. The predicted molar refractivity (Wildman–Crippen MR) is 71.5 cm³/mol. The highest BCUT2D eigenvalue weighted by molar-refractivity contribution is 5.89. The van der Waals surface area contributed by atoms with Crippen LogP contribution in [0.4, 0.5) is 0 Å². The van der Waals surface area contributed by atoms with E-state index in [1.165, 1.54) is 4.90 Å². The van der Waals surface area contributed by atoms with Crippen molar-refractivity contribution in [3.63, 3.8) is 0 Å². The van der Waals surface area contributed by atoms with Crippen molar-refractivity contribution in [1.82, 2.24) is 10.2 Å². The second kappa shape index (κ2) is 6.18. The first-order chi connectivity index (χ1) is 9.63. The molecule has 0 aromatic heterocycles. The molecule has 0 bridgehead atoms. The smallest absolute Gasteiger partial charge is 0.261 e. The molecule has 0 saturated carbocycles. The van der Waals surface area contributed by atoms with E-state index in [-0.39, 0.29) is 18.4 Å². The van der Waals surface area contributed by atoms with Gasteiger partial charge >= 0.3 is 0 Å². The van der Waals surface area contributed by atoms with E-state index in [0.717, 1.165) is 0 Å². The molecule has 0 aliphatic carbocycles. The fraction of sp³-hybridized carbons (Fsp3) is 0.357. The van der Waals surface area contributed by atoms with E-state index in [0.29, 0.717) is 30.7 Å². The van der Waals surface area contributed by atoms with Gasteiger partial charge in [-0.05, 0) is 19.1 Å². The van der Waals surface area contributed by atoms with Gasteiger partial charge in [0.25, 0.3) is 5.91 Å². The zero-order valence-electron chi connectivity index (χ0n) is 11.2. The van der Waals surface area contributed by atoms with Crippen molar-refractivity contribution in [3.8, 4) is 5.75 Å². The molecular formula is C14H16N2O4. The minimum absolute atomic E-state index is 0.169. The summed E-state index contributed by atoms with van der Waals surface area (Å²) in [5.41, 5.74) is 0.393. The van der Waals surface area contributed by atoms with Crippen LogP contribution < -0.4 is 10.1 Å². The first kappa shape index (κ1) is 14.0. The lowest BCUT2D eigenvalue weighted by Gasteiger charge is -2.32. The van der Waals surface area contributed by atoms with E-state index < -0.39 is 6.04 Å². The summed E-state index contributed by atoms with van der Waals surface area (Å²) in [6, 6.07) is 6.19. The molecule has 1 N–H and O–H groups in total. The van der Waals surface area contributed by atoms with Gasteiger partial charge in [-0.15, -0.1) is 0 Å². The van der Waals surface area contributed by atoms with Gasteiger partial charge in [0.05, 0.1) is 5.56 Å². The van der Waals surface area contributed by atoms with Crippen molar-refractivity contribution in [2.75, 3.05) is 19.7 Å². The van der Waals surface area contributed by atoms with Gasteiger partial charge in [0.15, 0.2) is 12.9 Å². The van der Waals surface area contributed by atoms with Gasteiger partial charge in [0.1, 0.15) is 11.8 Å². The minimum Gasteiger partial charge on any atom is -0.483 e. The van der Waals surface area contributed by atoms with Crippen molar-refractivity contribution in [2.24, 2.45) is 0 Å². The number of para-hydroxylation sites is 1. The molecule has 1 unspecified atom stereocenters.